The van der Waals surface area contributed by atoms with Crippen LogP contribution in [0.2, 0.25) is 5.02 Å². The number of fused-ring (bicyclic) bond motifs is 2. The molecule has 0 unspecified atom stereocenters. The predicted molar refractivity (Wildman–Crippen MR) is 238 cm³/mol. The van der Waals surface area contributed by atoms with Gasteiger partial charge in [0.05, 0.1) is 53.0 Å². The molecule has 20 heteroatoms. The lowest BCUT2D eigenvalue weighted by Crippen LogP contribution is -2.65. The number of ether oxygens (including phenoxy) is 1. The van der Waals surface area contributed by atoms with E-state index in [1.54, 1.807) is 30.5 Å². The first-order valence-corrected chi connectivity index (χ1v) is 22.8. The van der Waals surface area contributed by atoms with Crippen molar-refractivity contribution in [2.24, 2.45) is 5.41 Å². The van der Waals surface area contributed by atoms with Gasteiger partial charge < -0.3 is 25.2 Å². The van der Waals surface area contributed by atoms with E-state index in [1.807, 2.05) is 34.1 Å². The van der Waals surface area contributed by atoms with Gasteiger partial charge in [0.2, 0.25) is 5.91 Å². The number of urea groups is 1. The van der Waals surface area contributed by atoms with Crippen LogP contribution in [0.4, 0.5) is 36.5 Å². The zero-order valence-electron chi connectivity index (χ0n) is 36.7. The highest BCUT2D eigenvalue weighted by Gasteiger charge is 2.52. The maximum atomic E-state index is 16.2. The zero-order chi connectivity index (χ0) is 45.4. The Bertz CT molecular complexity index is 2580. The third-order valence-electron chi connectivity index (χ3n) is 14.5. The Balaban J connectivity index is 0.758. The average Bonchev–Trinajstić information content (AvgIpc) is 3.91. The van der Waals surface area contributed by atoms with Gasteiger partial charge in [-0.05, 0) is 81.8 Å². The number of alkyl halides is 2. The second-order valence-corrected chi connectivity index (χ2v) is 18.8. The van der Waals surface area contributed by atoms with Crippen LogP contribution < -0.4 is 25.8 Å². The second-order valence-electron chi connectivity index (χ2n) is 18.4. The number of hydrogen-bond donors (Lipinski definition) is 3. The SMILES string of the molecule is CNc1cc(N2CCc3c(CN4CC[C@H](N5CCC6(CC5)CN(C(=O)c5cc(N7CCC(=O)NC7=O)c(Cl)c(C)n5)C6)C(F)(F)C4)cccc32)nn2c(C(=O)N[C@@H]3CC[C@H]3OC)cnc12. The number of hydrogen-bond acceptors (Lipinski definition) is 12. The first-order valence-electron chi connectivity index (χ1n) is 22.5. The van der Waals surface area contributed by atoms with Crippen molar-refractivity contribution in [1.82, 2.24) is 44.9 Å². The summed E-state index contributed by atoms with van der Waals surface area (Å²) in [7, 11) is 3.45. The molecule has 5 aliphatic heterocycles. The van der Waals surface area contributed by atoms with E-state index in [0.717, 1.165) is 41.8 Å². The fourth-order valence-electron chi connectivity index (χ4n) is 10.7. The van der Waals surface area contributed by atoms with Crippen LogP contribution in [0, 0.1) is 12.3 Å². The fraction of sp³-hybridized carbons (Fsp3) is 0.533. The molecule has 10 rings (SSSR count). The number of nitrogens with zero attached hydrogens (tertiary/aromatic N) is 9. The first kappa shape index (κ1) is 43.4. The molecule has 3 aromatic heterocycles. The van der Waals surface area contributed by atoms with Crippen LogP contribution in [0.25, 0.3) is 5.65 Å². The molecule has 6 aliphatic rings. The fourth-order valence-corrected chi connectivity index (χ4v) is 10.9. The molecule has 3 atom stereocenters. The molecule has 4 aromatic rings. The van der Waals surface area contributed by atoms with Crippen LogP contribution in [-0.4, -0.2) is 149 Å². The van der Waals surface area contributed by atoms with Crippen molar-refractivity contribution in [1.29, 1.82) is 0 Å². The number of amides is 5. The highest BCUT2D eigenvalue weighted by Crippen LogP contribution is 2.44. The zero-order valence-corrected chi connectivity index (χ0v) is 37.5. The van der Waals surface area contributed by atoms with E-state index in [1.165, 1.54) is 17.2 Å². The van der Waals surface area contributed by atoms with Crippen LogP contribution in [0.15, 0.2) is 36.5 Å². The van der Waals surface area contributed by atoms with Gasteiger partial charge in [0, 0.05) is 77.0 Å². The molecule has 1 aliphatic carbocycles. The number of anilines is 4. The number of imide groups is 1. The minimum atomic E-state index is -2.91. The summed E-state index contributed by atoms with van der Waals surface area (Å²) in [5, 5.41) is 13.7. The van der Waals surface area contributed by atoms with Gasteiger partial charge in [-0.15, -0.1) is 5.10 Å². The van der Waals surface area contributed by atoms with Gasteiger partial charge >= 0.3 is 6.03 Å². The van der Waals surface area contributed by atoms with E-state index in [9.17, 15) is 19.2 Å². The molecule has 8 heterocycles. The molecule has 3 N–H and O–H groups in total. The van der Waals surface area contributed by atoms with E-state index in [2.05, 4.69) is 30.8 Å². The minimum absolute atomic E-state index is 0.0105. The summed E-state index contributed by atoms with van der Waals surface area (Å²) in [6, 6.07) is 7.94. The molecular weight excluding hydrogens is 862 g/mol. The maximum Gasteiger partial charge on any atom is 0.328 e. The summed E-state index contributed by atoms with van der Waals surface area (Å²) < 4.78 is 39.5. The van der Waals surface area contributed by atoms with Crippen molar-refractivity contribution >= 4 is 63.9 Å². The minimum Gasteiger partial charge on any atom is -0.385 e. The molecule has 5 fully saturated rings. The Labute approximate surface area is 379 Å². The number of halogens is 3. The number of nitrogens with one attached hydrogen (secondary N) is 3. The summed E-state index contributed by atoms with van der Waals surface area (Å²) in [5.41, 5.74) is 5.42. The Morgan fingerprint density at radius 2 is 1.77 bits per heavy atom. The average molecular weight is 915 g/mol. The van der Waals surface area contributed by atoms with Crippen molar-refractivity contribution in [2.45, 2.75) is 82.5 Å². The van der Waals surface area contributed by atoms with Gasteiger partial charge in [-0.3, -0.25) is 34.4 Å². The van der Waals surface area contributed by atoms with E-state index < -0.39 is 18.0 Å². The number of likely N-dealkylation sites (tertiary alicyclic amines) is 3. The number of aryl methyl sites for hydroxylation is 1. The van der Waals surface area contributed by atoms with Gasteiger partial charge in [0.1, 0.15) is 5.69 Å². The molecule has 65 heavy (non-hydrogen) atoms. The summed E-state index contributed by atoms with van der Waals surface area (Å²) >= 11 is 6.51. The molecule has 344 valence electrons. The van der Waals surface area contributed by atoms with Crippen molar-refractivity contribution in [2.75, 3.05) is 81.6 Å². The largest absolute Gasteiger partial charge is 0.385 e. The highest BCUT2D eigenvalue weighted by atomic mass is 35.5. The third kappa shape index (κ3) is 7.82. The number of rotatable bonds is 10. The smallest absolute Gasteiger partial charge is 0.328 e. The maximum absolute atomic E-state index is 16.2. The number of benzene rings is 1. The molecule has 4 saturated heterocycles. The monoisotopic (exact) mass is 914 g/mol. The normalized spacial score (nSPS) is 24.2. The number of piperidine rings is 2. The summed E-state index contributed by atoms with van der Waals surface area (Å²) in [4.78, 5) is 69.3. The van der Waals surface area contributed by atoms with E-state index in [-0.39, 0.29) is 65.5 Å². The van der Waals surface area contributed by atoms with Crippen molar-refractivity contribution < 1.29 is 32.7 Å². The number of carbonyl (C=O) groups is 4. The van der Waals surface area contributed by atoms with Crippen LogP contribution in [0.1, 0.15) is 76.3 Å². The standard InChI is InChI=1S/C45H53ClF2N12O5/c1-26-39(46)33(59-16-11-38(61)53-43(59)64)19-31(51-26)42(63)57-23-44(24-57)12-17-56(18-13-44)36-10-14-55(25-45(36,47)48)22-27-5-4-6-32-28(27)9-15-58(32)37-20-30(49-2)40-50-21-34(60(40)54-37)41(62)52-29-7-8-35(29)65-3/h4-6,19-21,29,35-36,49H,7-18,22-25H2,1-3H3,(H,52,62)(H,53,61,64)/t29-,35-,36+/m1/s1. The summed E-state index contributed by atoms with van der Waals surface area (Å²) in [5.74, 6) is -3.18. The topological polar surface area (TPSA) is 173 Å². The second kappa shape index (κ2) is 16.7. The summed E-state index contributed by atoms with van der Waals surface area (Å²) in [6.45, 7) is 5.14. The molecule has 5 amide bonds. The highest BCUT2D eigenvalue weighted by molar-refractivity contribution is 6.34. The molecule has 1 saturated carbocycles. The van der Waals surface area contributed by atoms with Gasteiger partial charge in [0.15, 0.2) is 17.2 Å². The number of imidazole rings is 1. The Hall–Kier alpha value is -5.50. The number of methoxy groups -OCH3 is 1. The van der Waals surface area contributed by atoms with Crippen LogP contribution in [0.3, 0.4) is 0 Å². The predicted octanol–water partition coefficient (Wildman–Crippen LogP) is 4.62. The Morgan fingerprint density at radius 3 is 2.48 bits per heavy atom. The van der Waals surface area contributed by atoms with Gasteiger partial charge in [-0.2, -0.15) is 0 Å². The first-order chi connectivity index (χ1) is 31.2. The molecule has 1 spiro atoms. The Kier molecular flexibility index (Phi) is 11.2. The lowest BCUT2D eigenvalue weighted by atomic mass is 9.71. The van der Waals surface area contributed by atoms with Crippen LogP contribution in [-0.2, 0) is 22.5 Å². The molecule has 0 bridgehead atoms. The van der Waals surface area contributed by atoms with Crippen molar-refractivity contribution in [3.63, 3.8) is 0 Å². The molecule has 0 radical (unpaired) electrons. The van der Waals surface area contributed by atoms with Crippen LogP contribution in [0.5, 0.6) is 0 Å². The van der Waals surface area contributed by atoms with Gasteiger partial charge in [-0.25, -0.2) is 28.1 Å². The van der Waals surface area contributed by atoms with E-state index >= 15 is 8.78 Å². The quantitative estimate of drug-likeness (QED) is 0.202. The number of aromatic nitrogens is 4. The molecule has 17 nitrogen and oxygen atoms in total. The van der Waals surface area contributed by atoms with E-state index in [4.69, 9.17) is 21.4 Å². The third-order valence-corrected chi connectivity index (χ3v) is 15.0. The van der Waals surface area contributed by atoms with Crippen molar-refractivity contribution in [3.05, 3.63) is 69.8 Å². The lowest BCUT2D eigenvalue weighted by molar-refractivity contribution is -0.143. The summed E-state index contributed by atoms with van der Waals surface area (Å²) in [6.07, 6.45) is 5.88. The van der Waals surface area contributed by atoms with Gasteiger partial charge in [-0.1, -0.05) is 23.7 Å². The van der Waals surface area contributed by atoms with Crippen molar-refractivity contribution in [3.8, 4) is 0 Å². The van der Waals surface area contributed by atoms with E-state index in [0.29, 0.717) is 93.6 Å². The lowest BCUT2D eigenvalue weighted by Gasteiger charge is -2.55. The number of carbonyl (C=O) groups excluding carboxylic acids is 4. The molecule has 1 aromatic carbocycles. The van der Waals surface area contributed by atoms with Gasteiger partial charge in [0.25, 0.3) is 17.7 Å². The van der Waals surface area contributed by atoms with Crippen LogP contribution >= 0.6 is 11.6 Å². The number of pyridine rings is 1. The molecular formula is C45H53ClF2N12O5. The Morgan fingerprint density at radius 1 is 0.985 bits per heavy atom.